The van der Waals surface area contributed by atoms with Crippen molar-refractivity contribution in [3.63, 3.8) is 0 Å². The number of nitrogen functional groups attached to an aromatic ring is 1. The smallest absolute Gasteiger partial charge is 0.105 e. The molecule has 1 aliphatic rings. The van der Waals surface area contributed by atoms with E-state index in [1.54, 1.807) is 6.20 Å². The maximum atomic E-state index is 6.13. The predicted octanol–water partition coefficient (Wildman–Crippen LogP) is 3.04. The molecule has 19 heavy (non-hydrogen) atoms. The third kappa shape index (κ3) is 3.15. The monoisotopic (exact) mass is 281 g/mol. The van der Waals surface area contributed by atoms with Crippen LogP contribution in [0.25, 0.3) is 0 Å². The van der Waals surface area contributed by atoms with Crippen LogP contribution in [-0.2, 0) is 10.8 Å². The maximum Gasteiger partial charge on any atom is 0.105 e. The van der Waals surface area contributed by atoms with Crippen molar-refractivity contribution in [1.82, 2.24) is 4.98 Å². The van der Waals surface area contributed by atoms with Gasteiger partial charge in [-0.05, 0) is 44.7 Å². The van der Waals surface area contributed by atoms with Crippen molar-refractivity contribution >= 4 is 24.3 Å². The van der Waals surface area contributed by atoms with Gasteiger partial charge in [0, 0.05) is 19.3 Å². The van der Waals surface area contributed by atoms with Gasteiger partial charge in [-0.15, -0.1) is 0 Å². The normalized spacial score (nSPS) is 17.6. The Hall–Kier alpha value is -0.940. The van der Waals surface area contributed by atoms with Crippen molar-refractivity contribution in [3.8, 4) is 0 Å². The topological polar surface area (TPSA) is 51.4 Å². The summed E-state index contributed by atoms with van der Waals surface area (Å²) < 4.78 is 4.93. The van der Waals surface area contributed by atoms with Crippen molar-refractivity contribution in [2.45, 2.75) is 45.3 Å². The van der Waals surface area contributed by atoms with Crippen molar-refractivity contribution in [1.29, 1.82) is 0 Å². The minimum Gasteiger partial charge on any atom is -0.397 e. The van der Waals surface area contributed by atoms with Gasteiger partial charge in [0.15, 0.2) is 0 Å². The lowest BCUT2D eigenvalue weighted by atomic mass is 9.98. The number of nitrogens with two attached hydrogens (primary N) is 1. The van der Waals surface area contributed by atoms with E-state index in [1.807, 2.05) is 6.07 Å². The van der Waals surface area contributed by atoms with Crippen LogP contribution in [0.1, 0.15) is 38.3 Å². The van der Waals surface area contributed by atoms with Gasteiger partial charge in [0.1, 0.15) is 6.61 Å². The number of nitrogens with zero attached hydrogens (tertiary/aromatic N) is 2. The number of aromatic nitrogens is 1. The Bertz CT molecular complexity index is 421. The number of thiol groups is 1. The Morgan fingerprint density at radius 1 is 1.53 bits per heavy atom. The number of pyridine rings is 1. The van der Waals surface area contributed by atoms with Gasteiger partial charge in [-0.3, -0.25) is 4.98 Å². The molecule has 1 aliphatic carbocycles. The van der Waals surface area contributed by atoms with E-state index in [1.165, 1.54) is 25.7 Å². The Balaban J connectivity index is 2.23. The summed E-state index contributed by atoms with van der Waals surface area (Å²) in [6.45, 7) is 2.64. The van der Waals surface area contributed by atoms with Crippen LogP contribution in [0.5, 0.6) is 0 Å². The Morgan fingerprint density at radius 3 is 2.84 bits per heavy atom. The molecule has 2 rings (SSSR count). The van der Waals surface area contributed by atoms with Crippen LogP contribution in [0, 0.1) is 5.92 Å². The second-order valence-electron chi connectivity index (χ2n) is 5.36. The summed E-state index contributed by atoms with van der Waals surface area (Å²) in [6.07, 6.45) is 7.03. The zero-order valence-corrected chi connectivity index (χ0v) is 12.6. The van der Waals surface area contributed by atoms with Crippen LogP contribution in [-0.4, -0.2) is 18.1 Å². The van der Waals surface area contributed by atoms with E-state index in [-0.39, 0.29) is 0 Å². The minimum atomic E-state index is 0.366. The second-order valence-corrected chi connectivity index (χ2v) is 5.62. The fourth-order valence-electron chi connectivity index (χ4n) is 3.05. The number of hydrogen-bond acceptors (Lipinski definition) is 5. The maximum absolute atomic E-state index is 6.13. The van der Waals surface area contributed by atoms with Gasteiger partial charge in [-0.2, -0.15) is 0 Å². The first kappa shape index (κ1) is 14.5. The first-order valence-electron chi connectivity index (χ1n) is 6.87. The number of rotatable bonds is 5. The molecule has 1 aromatic heterocycles. The van der Waals surface area contributed by atoms with Crippen LogP contribution in [0.2, 0.25) is 0 Å². The van der Waals surface area contributed by atoms with Crippen LogP contribution in [0.4, 0.5) is 11.4 Å². The van der Waals surface area contributed by atoms with E-state index in [4.69, 9.17) is 9.92 Å². The highest BCUT2D eigenvalue weighted by Gasteiger charge is 2.26. The SMILES string of the molecule is CC(C1CCCC1)N(C)c1c(N)ccnc1COS. The molecule has 0 aliphatic heterocycles. The molecule has 106 valence electrons. The van der Waals surface area contributed by atoms with Crippen molar-refractivity contribution < 1.29 is 4.18 Å². The summed E-state index contributed by atoms with van der Waals surface area (Å²) in [5.74, 6) is 0.745. The molecule has 1 unspecified atom stereocenters. The summed E-state index contributed by atoms with van der Waals surface area (Å²) in [5, 5.41) is 0. The van der Waals surface area contributed by atoms with E-state index < -0.39 is 0 Å². The van der Waals surface area contributed by atoms with Gasteiger partial charge in [0.25, 0.3) is 0 Å². The molecule has 0 saturated heterocycles. The van der Waals surface area contributed by atoms with Gasteiger partial charge >= 0.3 is 0 Å². The number of hydrogen-bond donors (Lipinski definition) is 2. The molecule has 0 amide bonds. The Labute approximate surface area is 121 Å². The fraction of sp³-hybridized carbons (Fsp3) is 0.643. The fourth-order valence-corrected chi connectivity index (χ4v) is 3.17. The molecule has 1 heterocycles. The third-order valence-electron chi connectivity index (χ3n) is 4.28. The molecule has 1 fully saturated rings. The summed E-state index contributed by atoms with van der Waals surface area (Å²) in [4.78, 5) is 6.61. The third-order valence-corrected chi connectivity index (χ3v) is 4.41. The summed E-state index contributed by atoms with van der Waals surface area (Å²) >= 11 is 3.82. The molecule has 0 bridgehead atoms. The van der Waals surface area contributed by atoms with Gasteiger partial charge in [0.05, 0.1) is 17.1 Å². The van der Waals surface area contributed by atoms with E-state index in [2.05, 4.69) is 36.8 Å². The van der Waals surface area contributed by atoms with Gasteiger partial charge in [0.2, 0.25) is 0 Å². The second kappa shape index (κ2) is 6.48. The highest BCUT2D eigenvalue weighted by molar-refractivity contribution is 7.75. The highest BCUT2D eigenvalue weighted by atomic mass is 32.1. The van der Waals surface area contributed by atoms with Crippen LogP contribution in [0.3, 0.4) is 0 Å². The average molecular weight is 281 g/mol. The van der Waals surface area contributed by atoms with Gasteiger partial charge in [-0.1, -0.05) is 12.8 Å². The predicted molar refractivity (Wildman–Crippen MR) is 82.2 cm³/mol. The molecule has 2 N–H and O–H groups in total. The van der Waals surface area contributed by atoms with Crippen LogP contribution < -0.4 is 10.6 Å². The summed E-state index contributed by atoms with van der Waals surface area (Å²) in [7, 11) is 2.10. The van der Waals surface area contributed by atoms with Crippen LogP contribution in [0.15, 0.2) is 12.3 Å². The first-order valence-corrected chi connectivity index (χ1v) is 7.24. The molecule has 1 saturated carbocycles. The molecule has 1 atom stereocenters. The van der Waals surface area contributed by atoms with E-state index in [0.717, 1.165) is 23.0 Å². The molecule has 0 radical (unpaired) electrons. The van der Waals surface area contributed by atoms with E-state index in [9.17, 15) is 0 Å². The van der Waals surface area contributed by atoms with E-state index >= 15 is 0 Å². The first-order chi connectivity index (χ1) is 9.15. The molecule has 1 aromatic rings. The lowest BCUT2D eigenvalue weighted by Gasteiger charge is -2.33. The largest absolute Gasteiger partial charge is 0.397 e. The minimum absolute atomic E-state index is 0.366. The molecule has 0 spiro atoms. The van der Waals surface area contributed by atoms with Crippen molar-refractivity contribution in [2.75, 3.05) is 17.7 Å². The summed E-state index contributed by atoms with van der Waals surface area (Å²) in [5.41, 5.74) is 8.71. The average Bonchev–Trinajstić information content (AvgIpc) is 2.91. The quantitative estimate of drug-likeness (QED) is 0.643. The standard InChI is InChI=1S/C14H23N3OS/c1-10(11-5-3-4-6-11)17(2)14-12(15)7-8-16-13(14)9-18-19/h7-8,10-11,19H,3-6,9H2,1-2H3,(H2,15,16). The lowest BCUT2D eigenvalue weighted by molar-refractivity contribution is 0.364. The van der Waals surface area contributed by atoms with Crippen molar-refractivity contribution in [2.24, 2.45) is 5.92 Å². The zero-order chi connectivity index (χ0) is 13.8. The highest BCUT2D eigenvalue weighted by Crippen LogP contribution is 2.34. The van der Waals surface area contributed by atoms with Gasteiger partial charge in [-0.25, -0.2) is 0 Å². The van der Waals surface area contributed by atoms with Gasteiger partial charge < -0.3 is 14.8 Å². The van der Waals surface area contributed by atoms with Crippen LogP contribution >= 0.6 is 12.9 Å². The zero-order valence-electron chi connectivity index (χ0n) is 11.7. The summed E-state index contributed by atoms with van der Waals surface area (Å²) in [6, 6.07) is 2.31. The molecule has 5 heteroatoms. The van der Waals surface area contributed by atoms with Crippen molar-refractivity contribution in [3.05, 3.63) is 18.0 Å². The van der Waals surface area contributed by atoms with E-state index in [0.29, 0.717) is 12.6 Å². The molecule has 0 aromatic carbocycles. The molecular weight excluding hydrogens is 258 g/mol. The molecule has 4 nitrogen and oxygen atoms in total. The molecular formula is C14H23N3OS. The number of anilines is 2. The Kier molecular flexibility index (Phi) is 4.93. The lowest BCUT2D eigenvalue weighted by Crippen LogP contribution is -2.35. The Morgan fingerprint density at radius 2 is 2.21 bits per heavy atom.